The van der Waals surface area contributed by atoms with Gasteiger partial charge in [0, 0.05) is 11.3 Å². The molecule has 0 aromatic heterocycles. The Bertz CT molecular complexity index is 1160. The maximum absolute atomic E-state index is 13.6. The molecule has 6 nitrogen and oxygen atoms in total. The number of rotatable bonds is 6. The number of carbonyl (C=O) groups is 1. The van der Waals surface area contributed by atoms with E-state index in [1.165, 1.54) is 0 Å². The molecule has 1 atom stereocenters. The molecule has 3 aromatic rings. The van der Waals surface area contributed by atoms with Crippen LogP contribution in [0.2, 0.25) is 0 Å². The Morgan fingerprint density at radius 1 is 0.938 bits per heavy atom. The highest BCUT2D eigenvalue weighted by atomic mass is 32.1. The van der Waals surface area contributed by atoms with Gasteiger partial charge in [0.15, 0.2) is 5.11 Å². The van der Waals surface area contributed by atoms with Crippen molar-refractivity contribution in [3.05, 3.63) is 95.6 Å². The number of nitrogens with one attached hydrogen (secondary N) is 3. The van der Waals surface area contributed by atoms with E-state index >= 15 is 0 Å². The fourth-order valence-electron chi connectivity index (χ4n) is 3.66. The quantitative estimate of drug-likeness (QED) is 0.492. The zero-order valence-corrected chi connectivity index (χ0v) is 18.5. The number of thiocarbonyl (C=S) groups is 1. The van der Waals surface area contributed by atoms with Crippen LogP contribution in [-0.4, -0.2) is 25.2 Å². The summed E-state index contributed by atoms with van der Waals surface area (Å²) in [5, 5.41) is 9.84. The molecule has 0 bridgehead atoms. The summed E-state index contributed by atoms with van der Waals surface area (Å²) in [6.45, 7) is 0. The molecule has 1 aliphatic rings. The van der Waals surface area contributed by atoms with Crippen LogP contribution in [0.15, 0.2) is 84.4 Å². The van der Waals surface area contributed by atoms with Gasteiger partial charge in [-0.15, -0.1) is 0 Å². The van der Waals surface area contributed by atoms with Crippen LogP contribution in [0.3, 0.4) is 0 Å². The summed E-state index contributed by atoms with van der Waals surface area (Å²) >= 11 is 5.51. The SMILES string of the molecule is COc1ccc(OC)c(C2NC(=S)NC(c3ccccc3)=C2C(=O)Nc2ccccc2)c1. The first kappa shape index (κ1) is 21.4. The van der Waals surface area contributed by atoms with Crippen molar-refractivity contribution in [1.29, 1.82) is 0 Å². The largest absolute Gasteiger partial charge is 0.497 e. The number of anilines is 1. The van der Waals surface area contributed by atoms with E-state index in [4.69, 9.17) is 21.7 Å². The van der Waals surface area contributed by atoms with Crippen molar-refractivity contribution in [1.82, 2.24) is 10.6 Å². The van der Waals surface area contributed by atoms with Gasteiger partial charge < -0.3 is 25.4 Å². The van der Waals surface area contributed by atoms with Crippen LogP contribution in [0.5, 0.6) is 11.5 Å². The third-order valence-electron chi connectivity index (χ3n) is 5.16. The van der Waals surface area contributed by atoms with E-state index in [0.717, 1.165) is 11.1 Å². The molecule has 1 unspecified atom stereocenters. The number of benzene rings is 3. The van der Waals surface area contributed by atoms with E-state index in [0.29, 0.717) is 33.6 Å². The van der Waals surface area contributed by atoms with Gasteiger partial charge in [-0.05, 0) is 48.1 Å². The number of hydrogen-bond donors (Lipinski definition) is 3. The predicted molar refractivity (Wildman–Crippen MR) is 130 cm³/mol. The van der Waals surface area contributed by atoms with Crippen LogP contribution in [0.4, 0.5) is 5.69 Å². The Morgan fingerprint density at radius 3 is 2.28 bits per heavy atom. The van der Waals surface area contributed by atoms with Gasteiger partial charge in [-0.1, -0.05) is 48.5 Å². The highest BCUT2D eigenvalue weighted by Crippen LogP contribution is 2.38. The normalized spacial score (nSPS) is 15.4. The van der Waals surface area contributed by atoms with Crippen molar-refractivity contribution in [2.45, 2.75) is 6.04 Å². The summed E-state index contributed by atoms with van der Waals surface area (Å²) < 4.78 is 11.0. The molecule has 162 valence electrons. The van der Waals surface area contributed by atoms with Crippen molar-refractivity contribution in [3.63, 3.8) is 0 Å². The minimum Gasteiger partial charge on any atom is -0.497 e. The fourth-order valence-corrected chi connectivity index (χ4v) is 3.88. The van der Waals surface area contributed by atoms with Crippen LogP contribution in [0.1, 0.15) is 17.2 Å². The molecule has 3 aromatic carbocycles. The van der Waals surface area contributed by atoms with Gasteiger partial charge in [0.05, 0.1) is 31.5 Å². The summed E-state index contributed by atoms with van der Waals surface area (Å²) in [5.74, 6) is 1.01. The van der Waals surface area contributed by atoms with E-state index in [2.05, 4.69) is 16.0 Å². The Kier molecular flexibility index (Phi) is 6.37. The van der Waals surface area contributed by atoms with Crippen molar-refractivity contribution < 1.29 is 14.3 Å². The van der Waals surface area contributed by atoms with Crippen molar-refractivity contribution in [2.24, 2.45) is 0 Å². The average Bonchev–Trinajstić information content (AvgIpc) is 2.84. The second-order valence-electron chi connectivity index (χ2n) is 7.11. The maximum Gasteiger partial charge on any atom is 0.256 e. The summed E-state index contributed by atoms with van der Waals surface area (Å²) in [6.07, 6.45) is 0. The third kappa shape index (κ3) is 4.43. The topological polar surface area (TPSA) is 71.6 Å². The molecule has 1 heterocycles. The van der Waals surface area contributed by atoms with Crippen LogP contribution in [0.25, 0.3) is 5.70 Å². The van der Waals surface area contributed by atoms with Crippen molar-refractivity contribution in [3.8, 4) is 11.5 Å². The summed E-state index contributed by atoms with van der Waals surface area (Å²) in [6, 6.07) is 23.9. The molecule has 4 rings (SSSR count). The van der Waals surface area contributed by atoms with Crippen LogP contribution in [0, 0.1) is 0 Å². The zero-order valence-electron chi connectivity index (χ0n) is 17.7. The second-order valence-corrected chi connectivity index (χ2v) is 7.52. The molecule has 1 amide bonds. The van der Waals surface area contributed by atoms with Crippen LogP contribution in [-0.2, 0) is 4.79 Å². The van der Waals surface area contributed by atoms with Crippen molar-refractivity contribution >= 4 is 34.6 Å². The lowest BCUT2D eigenvalue weighted by molar-refractivity contribution is -0.113. The van der Waals surface area contributed by atoms with E-state index in [9.17, 15) is 4.79 Å². The highest BCUT2D eigenvalue weighted by molar-refractivity contribution is 7.80. The van der Waals surface area contributed by atoms with E-state index in [1.807, 2.05) is 78.9 Å². The monoisotopic (exact) mass is 445 g/mol. The van der Waals surface area contributed by atoms with Crippen molar-refractivity contribution in [2.75, 3.05) is 19.5 Å². The minimum absolute atomic E-state index is 0.257. The number of amides is 1. The van der Waals surface area contributed by atoms with Gasteiger partial charge in [0.2, 0.25) is 0 Å². The lowest BCUT2D eigenvalue weighted by Gasteiger charge is -2.32. The molecular formula is C25H23N3O3S. The standard InChI is InChI=1S/C25H23N3O3S/c1-30-18-13-14-20(31-2)19(15-18)23-21(24(29)26-17-11-7-4-8-12-17)22(27-25(32)28-23)16-9-5-3-6-10-16/h3-15,23H,1-2H3,(H,26,29)(H2,27,28,32). The van der Waals surface area contributed by atoms with Gasteiger partial charge >= 0.3 is 0 Å². The Labute approximate surface area is 192 Å². The Morgan fingerprint density at radius 2 is 1.62 bits per heavy atom. The molecule has 0 radical (unpaired) electrons. The molecule has 3 N–H and O–H groups in total. The number of ether oxygens (including phenoxy) is 2. The lowest BCUT2D eigenvalue weighted by atomic mass is 9.91. The van der Waals surface area contributed by atoms with E-state index in [1.54, 1.807) is 14.2 Å². The molecule has 0 saturated heterocycles. The molecule has 0 spiro atoms. The molecular weight excluding hydrogens is 422 g/mol. The Hall–Kier alpha value is -3.84. The van der Waals surface area contributed by atoms with Crippen LogP contribution < -0.4 is 25.4 Å². The predicted octanol–water partition coefficient (Wildman–Crippen LogP) is 4.27. The zero-order chi connectivity index (χ0) is 22.5. The van der Waals surface area contributed by atoms with Gasteiger partial charge in [0.25, 0.3) is 5.91 Å². The first-order valence-corrected chi connectivity index (χ1v) is 10.5. The molecule has 7 heteroatoms. The summed E-state index contributed by atoms with van der Waals surface area (Å²) in [7, 11) is 3.19. The maximum atomic E-state index is 13.6. The number of methoxy groups -OCH3 is 2. The second kappa shape index (κ2) is 9.53. The molecule has 0 saturated carbocycles. The summed E-state index contributed by atoms with van der Waals surface area (Å²) in [4.78, 5) is 13.6. The minimum atomic E-state index is -0.562. The Balaban J connectivity index is 1.89. The first-order valence-electron chi connectivity index (χ1n) is 10.1. The number of hydrogen-bond acceptors (Lipinski definition) is 4. The van der Waals surface area contributed by atoms with Gasteiger partial charge in [-0.25, -0.2) is 0 Å². The van der Waals surface area contributed by atoms with E-state index < -0.39 is 6.04 Å². The van der Waals surface area contributed by atoms with Gasteiger partial charge in [-0.3, -0.25) is 4.79 Å². The molecule has 1 aliphatic heterocycles. The smallest absolute Gasteiger partial charge is 0.256 e. The fraction of sp³-hybridized carbons (Fsp3) is 0.120. The number of para-hydroxylation sites is 1. The van der Waals surface area contributed by atoms with Crippen LogP contribution >= 0.6 is 12.2 Å². The molecule has 0 fully saturated rings. The van der Waals surface area contributed by atoms with Gasteiger partial charge in [-0.2, -0.15) is 0 Å². The molecule has 32 heavy (non-hydrogen) atoms. The number of carbonyl (C=O) groups excluding carboxylic acids is 1. The third-order valence-corrected chi connectivity index (χ3v) is 5.38. The average molecular weight is 446 g/mol. The van der Waals surface area contributed by atoms with E-state index in [-0.39, 0.29) is 5.91 Å². The first-order chi connectivity index (χ1) is 15.6. The molecule has 0 aliphatic carbocycles. The summed E-state index contributed by atoms with van der Waals surface area (Å²) in [5.41, 5.74) is 3.41. The lowest BCUT2D eigenvalue weighted by Crippen LogP contribution is -2.45. The van der Waals surface area contributed by atoms with Gasteiger partial charge in [0.1, 0.15) is 11.5 Å². The highest BCUT2D eigenvalue weighted by Gasteiger charge is 2.34.